The molecule has 1 aliphatic rings. The van der Waals surface area contributed by atoms with Crippen molar-refractivity contribution in [2.75, 3.05) is 44.4 Å². The molecule has 3 heterocycles. The van der Waals surface area contributed by atoms with Crippen molar-refractivity contribution in [1.82, 2.24) is 19.9 Å². The number of nitrogens with one attached hydrogen (secondary N) is 1. The van der Waals surface area contributed by atoms with Gasteiger partial charge in [-0.3, -0.25) is 4.90 Å². The number of anilines is 2. The Kier molecular flexibility index (Phi) is 6.42. The van der Waals surface area contributed by atoms with E-state index in [-0.39, 0.29) is 11.7 Å². The van der Waals surface area contributed by atoms with E-state index in [0.29, 0.717) is 5.95 Å². The molecule has 7 heteroatoms. The van der Waals surface area contributed by atoms with E-state index in [9.17, 15) is 4.39 Å². The van der Waals surface area contributed by atoms with Crippen molar-refractivity contribution in [3.05, 3.63) is 65.9 Å². The van der Waals surface area contributed by atoms with Gasteiger partial charge in [0.05, 0.1) is 5.69 Å². The van der Waals surface area contributed by atoms with Gasteiger partial charge in [0, 0.05) is 63.7 Å². The lowest BCUT2D eigenvalue weighted by Gasteiger charge is -2.33. The third-order valence-electron chi connectivity index (χ3n) is 5.77. The highest BCUT2D eigenvalue weighted by molar-refractivity contribution is 5.66. The van der Waals surface area contributed by atoms with Crippen LogP contribution in [-0.2, 0) is 6.54 Å². The second-order valence-corrected chi connectivity index (χ2v) is 8.21. The topological polar surface area (TPSA) is 57.2 Å². The maximum absolute atomic E-state index is 13.5. The number of likely N-dealkylation sites (tertiary alicyclic amines) is 1. The Morgan fingerprint density at radius 1 is 1.16 bits per heavy atom. The predicted octanol–water partition coefficient (Wildman–Crippen LogP) is 4.17. The number of benzene rings is 1. The molecule has 1 aliphatic heterocycles. The number of nitrogens with zero attached hydrogens (tertiary/aromatic N) is 5. The maximum Gasteiger partial charge on any atom is 0.225 e. The van der Waals surface area contributed by atoms with Crippen molar-refractivity contribution in [2.24, 2.45) is 0 Å². The summed E-state index contributed by atoms with van der Waals surface area (Å²) in [6.07, 6.45) is 5.86. The summed E-state index contributed by atoms with van der Waals surface area (Å²) in [6, 6.07) is 10.7. The number of hydrogen-bond acceptors (Lipinski definition) is 6. The van der Waals surface area contributed by atoms with Gasteiger partial charge in [-0.2, -0.15) is 0 Å². The average Bonchev–Trinajstić information content (AvgIpc) is 2.80. The molecule has 1 atom stereocenters. The fourth-order valence-electron chi connectivity index (χ4n) is 4.22. The van der Waals surface area contributed by atoms with Gasteiger partial charge in [0.1, 0.15) is 11.6 Å². The van der Waals surface area contributed by atoms with Crippen LogP contribution >= 0.6 is 0 Å². The van der Waals surface area contributed by atoms with Crippen molar-refractivity contribution in [3.8, 4) is 11.1 Å². The molecule has 1 unspecified atom stereocenters. The molecule has 0 radical (unpaired) electrons. The fraction of sp³-hybridized carbons (Fsp3) is 0.375. The molecular weight excluding hydrogens is 391 g/mol. The number of halogens is 1. The molecule has 4 rings (SSSR count). The molecule has 0 aliphatic carbocycles. The SMILES string of the molecule is CNc1ncccc1CN1CCCC(c2nc(N(C)C)ncc2-c2ccc(F)cc2)C1. The van der Waals surface area contributed by atoms with Crippen LogP contribution in [0.5, 0.6) is 0 Å². The molecule has 31 heavy (non-hydrogen) atoms. The third-order valence-corrected chi connectivity index (χ3v) is 5.77. The minimum atomic E-state index is -0.239. The third kappa shape index (κ3) is 4.82. The summed E-state index contributed by atoms with van der Waals surface area (Å²) >= 11 is 0. The van der Waals surface area contributed by atoms with Crippen LogP contribution in [0.2, 0.25) is 0 Å². The first kappa shape index (κ1) is 21.2. The lowest BCUT2D eigenvalue weighted by Crippen LogP contribution is -2.34. The van der Waals surface area contributed by atoms with Crippen molar-refractivity contribution in [1.29, 1.82) is 0 Å². The van der Waals surface area contributed by atoms with Gasteiger partial charge in [-0.15, -0.1) is 0 Å². The molecule has 1 N–H and O–H groups in total. The number of rotatable bonds is 6. The van der Waals surface area contributed by atoms with Gasteiger partial charge in [-0.05, 0) is 43.1 Å². The van der Waals surface area contributed by atoms with Gasteiger partial charge < -0.3 is 10.2 Å². The van der Waals surface area contributed by atoms with Gasteiger partial charge in [0.15, 0.2) is 0 Å². The first-order valence-corrected chi connectivity index (χ1v) is 10.7. The normalized spacial score (nSPS) is 16.8. The minimum Gasteiger partial charge on any atom is -0.373 e. The highest BCUT2D eigenvalue weighted by atomic mass is 19.1. The Morgan fingerprint density at radius 2 is 1.97 bits per heavy atom. The van der Waals surface area contributed by atoms with Crippen LogP contribution in [-0.4, -0.2) is 54.1 Å². The second kappa shape index (κ2) is 9.39. The molecule has 0 bridgehead atoms. The monoisotopic (exact) mass is 420 g/mol. The Labute approximate surface area is 183 Å². The molecule has 2 aromatic heterocycles. The summed E-state index contributed by atoms with van der Waals surface area (Å²) in [6.45, 7) is 2.81. The molecule has 3 aromatic rings. The zero-order valence-electron chi connectivity index (χ0n) is 18.3. The zero-order chi connectivity index (χ0) is 21.8. The van der Waals surface area contributed by atoms with E-state index in [2.05, 4.69) is 26.3 Å². The molecule has 1 saturated heterocycles. The van der Waals surface area contributed by atoms with Gasteiger partial charge in [0.2, 0.25) is 5.95 Å². The molecule has 6 nitrogen and oxygen atoms in total. The lowest BCUT2D eigenvalue weighted by molar-refractivity contribution is 0.199. The highest BCUT2D eigenvalue weighted by Crippen LogP contribution is 2.34. The average molecular weight is 421 g/mol. The van der Waals surface area contributed by atoms with Gasteiger partial charge in [-0.1, -0.05) is 18.2 Å². The number of piperidine rings is 1. The smallest absolute Gasteiger partial charge is 0.225 e. The van der Waals surface area contributed by atoms with E-state index in [4.69, 9.17) is 4.98 Å². The molecule has 1 fully saturated rings. The molecule has 162 valence electrons. The Hall–Kier alpha value is -3.06. The quantitative estimate of drug-likeness (QED) is 0.646. The second-order valence-electron chi connectivity index (χ2n) is 8.21. The van der Waals surface area contributed by atoms with E-state index < -0.39 is 0 Å². The van der Waals surface area contributed by atoms with E-state index in [1.165, 1.54) is 17.7 Å². The van der Waals surface area contributed by atoms with E-state index in [1.807, 2.05) is 56.6 Å². The minimum absolute atomic E-state index is 0.239. The van der Waals surface area contributed by atoms with Crippen LogP contribution in [0.4, 0.5) is 16.2 Å². The van der Waals surface area contributed by atoms with Crippen molar-refractivity contribution in [2.45, 2.75) is 25.3 Å². The highest BCUT2D eigenvalue weighted by Gasteiger charge is 2.26. The number of hydrogen-bond donors (Lipinski definition) is 1. The predicted molar refractivity (Wildman–Crippen MR) is 123 cm³/mol. The standard InChI is InChI=1S/C24H29FN6/c1-26-23-19(6-4-12-27-23)16-31-13-5-7-18(15-31)22-21(14-28-24(29-22)30(2)3)17-8-10-20(25)11-9-17/h4,6,8-12,14,18H,5,7,13,15-16H2,1-3H3,(H,26,27). The van der Waals surface area contributed by atoms with E-state index in [1.54, 1.807) is 0 Å². The summed E-state index contributed by atoms with van der Waals surface area (Å²) in [5, 5.41) is 3.19. The van der Waals surface area contributed by atoms with Crippen LogP contribution in [0.1, 0.15) is 30.0 Å². The van der Waals surface area contributed by atoms with Crippen LogP contribution in [0.25, 0.3) is 11.1 Å². The summed E-state index contributed by atoms with van der Waals surface area (Å²) in [4.78, 5) is 18.3. The first-order chi connectivity index (χ1) is 15.0. The number of aromatic nitrogens is 3. The van der Waals surface area contributed by atoms with Crippen molar-refractivity contribution < 1.29 is 4.39 Å². The molecular formula is C24H29FN6. The summed E-state index contributed by atoms with van der Waals surface area (Å²) in [5.41, 5.74) is 4.16. The lowest BCUT2D eigenvalue weighted by atomic mass is 9.89. The number of pyridine rings is 1. The van der Waals surface area contributed by atoms with Crippen LogP contribution in [0.3, 0.4) is 0 Å². The van der Waals surface area contributed by atoms with Gasteiger partial charge in [0.25, 0.3) is 0 Å². The Bertz CT molecular complexity index is 1020. The van der Waals surface area contributed by atoms with Crippen LogP contribution < -0.4 is 10.2 Å². The first-order valence-electron chi connectivity index (χ1n) is 10.7. The maximum atomic E-state index is 13.5. The van der Waals surface area contributed by atoms with Gasteiger partial charge in [-0.25, -0.2) is 19.3 Å². The fourth-order valence-corrected chi connectivity index (χ4v) is 4.22. The molecule has 0 saturated carbocycles. The molecule has 1 aromatic carbocycles. The van der Waals surface area contributed by atoms with E-state index >= 15 is 0 Å². The molecule has 0 amide bonds. The summed E-state index contributed by atoms with van der Waals surface area (Å²) in [7, 11) is 5.81. The van der Waals surface area contributed by atoms with Crippen molar-refractivity contribution >= 4 is 11.8 Å². The van der Waals surface area contributed by atoms with Crippen LogP contribution in [0.15, 0.2) is 48.8 Å². The van der Waals surface area contributed by atoms with E-state index in [0.717, 1.165) is 55.1 Å². The Balaban J connectivity index is 1.64. The summed E-state index contributed by atoms with van der Waals surface area (Å²) < 4.78 is 13.5. The van der Waals surface area contributed by atoms with Crippen molar-refractivity contribution in [3.63, 3.8) is 0 Å². The molecule has 0 spiro atoms. The Morgan fingerprint density at radius 3 is 2.71 bits per heavy atom. The zero-order valence-corrected chi connectivity index (χ0v) is 18.3. The summed E-state index contributed by atoms with van der Waals surface area (Å²) in [5.74, 6) is 1.67. The largest absolute Gasteiger partial charge is 0.373 e. The van der Waals surface area contributed by atoms with Gasteiger partial charge >= 0.3 is 0 Å². The van der Waals surface area contributed by atoms with Crippen LogP contribution in [0, 0.1) is 5.82 Å².